The third-order valence-corrected chi connectivity index (χ3v) is 5.01. The van der Waals surface area contributed by atoms with Crippen molar-refractivity contribution >= 4 is 11.6 Å². The van der Waals surface area contributed by atoms with Crippen LogP contribution in [0.15, 0.2) is 30.5 Å². The summed E-state index contributed by atoms with van der Waals surface area (Å²) in [6.45, 7) is 5.24. The smallest absolute Gasteiger partial charge is 0.130 e. The molecule has 0 unspecified atom stereocenters. The summed E-state index contributed by atoms with van der Waals surface area (Å²) in [5.41, 5.74) is 2.40. The van der Waals surface area contributed by atoms with E-state index in [0.29, 0.717) is 11.6 Å². The minimum atomic E-state index is 0.385. The zero-order valence-electron chi connectivity index (χ0n) is 15.3. The van der Waals surface area contributed by atoms with Crippen molar-refractivity contribution in [1.29, 1.82) is 5.26 Å². The highest BCUT2D eigenvalue weighted by Crippen LogP contribution is 2.25. The van der Waals surface area contributed by atoms with Crippen LogP contribution in [0, 0.1) is 11.3 Å². The highest BCUT2D eigenvalue weighted by atomic mass is 16.5. The van der Waals surface area contributed by atoms with Crippen molar-refractivity contribution in [2.45, 2.75) is 18.9 Å². The molecule has 4 rings (SSSR count). The summed E-state index contributed by atoms with van der Waals surface area (Å²) >= 11 is 0. The number of aromatic nitrogens is 2. The van der Waals surface area contributed by atoms with Crippen molar-refractivity contribution in [3.8, 4) is 17.3 Å². The van der Waals surface area contributed by atoms with Crippen molar-refractivity contribution in [3.05, 3.63) is 36.0 Å². The molecule has 0 atom stereocenters. The second-order valence-electron chi connectivity index (χ2n) is 6.91. The first-order valence-electron chi connectivity index (χ1n) is 9.50. The Morgan fingerprint density at radius 2 is 2.00 bits per heavy atom. The van der Waals surface area contributed by atoms with Gasteiger partial charge in [0.25, 0.3) is 0 Å². The van der Waals surface area contributed by atoms with E-state index in [2.05, 4.69) is 26.6 Å². The lowest BCUT2D eigenvalue weighted by molar-refractivity contribution is 0.0904. The Hall–Kier alpha value is -2.69. The molecule has 0 spiro atoms. The summed E-state index contributed by atoms with van der Waals surface area (Å²) < 4.78 is 5.42. The molecule has 7 nitrogen and oxygen atoms in total. The molecule has 2 aromatic rings. The van der Waals surface area contributed by atoms with E-state index >= 15 is 0 Å². The number of ether oxygens (including phenoxy) is 1. The Morgan fingerprint density at radius 3 is 2.78 bits per heavy atom. The minimum Gasteiger partial charge on any atom is -0.381 e. The first-order chi connectivity index (χ1) is 13.3. The number of hydrogen-bond donors (Lipinski definition) is 2. The highest BCUT2D eigenvalue weighted by Gasteiger charge is 2.16. The largest absolute Gasteiger partial charge is 0.381 e. The number of nitriles is 1. The minimum absolute atomic E-state index is 0.385. The van der Waals surface area contributed by atoms with Crippen LogP contribution in [-0.2, 0) is 4.74 Å². The summed E-state index contributed by atoms with van der Waals surface area (Å²) in [6, 6.07) is 10.3. The van der Waals surface area contributed by atoms with Gasteiger partial charge >= 0.3 is 0 Å². The Kier molecular flexibility index (Phi) is 5.47. The number of piperazine rings is 1. The van der Waals surface area contributed by atoms with Crippen molar-refractivity contribution in [3.63, 3.8) is 0 Å². The Balaban J connectivity index is 1.60. The van der Waals surface area contributed by atoms with Crippen molar-refractivity contribution in [1.82, 2.24) is 15.3 Å². The van der Waals surface area contributed by atoms with Gasteiger partial charge in [-0.2, -0.15) is 5.26 Å². The lowest BCUT2D eigenvalue weighted by Crippen LogP contribution is -2.43. The average Bonchev–Trinajstić information content (AvgIpc) is 2.75. The Bertz CT molecular complexity index is 821. The molecule has 0 aromatic carbocycles. The number of nitrogens with zero attached hydrogens (tertiary/aromatic N) is 4. The van der Waals surface area contributed by atoms with Crippen LogP contribution in [0.5, 0.6) is 0 Å². The summed E-state index contributed by atoms with van der Waals surface area (Å²) in [5, 5.41) is 16.3. The van der Waals surface area contributed by atoms with E-state index in [0.717, 1.165) is 75.1 Å². The molecule has 4 heterocycles. The predicted molar refractivity (Wildman–Crippen MR) is 105 cm³/mol. The van der Waals surface area contributed by atoms with Crippen LogP contribution < -0.4 is 15.5 Å². The molecule has 140 valence electrons. The highest BCUT2D eigenvalue weighted by molar-refractivity contribution is 5.67. The monoisotopic (exact) mass is 364 g/mol. The summed E-state index contributed by atoms with van der Waals surface area (Å²) in [6.07, 6.45) is 3.77. The van der Waals surface area contributed by atoms with Crippen LogP contribution in [-0.4, -0.2) is 55.4 Å². The van der Waals surface area contributed by atoms with E-state index in [1.165, 1.54) is 0 Å². The van der Waals surface area contributed by atoms with Crippen LogP contribution in [0.1, 0.15) is 18.4 Å². The number of nitrogens with one attached hydrogen (secondary N) is 2. The summed E-state index contributed by atoms with van der Waals surface area (Å²) in [5.74, 6) is 1.70. The second kappa shape index (κ2) is 8.33. The van der Waals surface area contributed by atoms with Crippen molar-refractivity contribution in [2.24, 2.45) is 0 Å². The van der Waals surface area contributed by atoms with Crippen LogP contribution in [0.4, 0.5) is 11.6 Å². The van der Waals surface area contributed by atoms with Crippen LogP contribution in [0.25, 0.3) is 11.3 Å². The first-order valence-corrected chi connectivity index (χ1v) is 9.50. The second-order valence-corrected chi connectivity index (χ2v) is 6.91. The summed E-state index contributed by atoms with van der Waals surface area (Å²) in [4.78, 5) is 11.5. The van der Waals surface area contributed by atoms with Crippen LogP contribution >= 0.6 is 0 Å². The van der Waals surface area contributed by atoms with Gasteiger partial charge in [0.2, 0.25) is 0 Å². The predicted octanol–water partition coefficient (Wildman–Crippen LogP) is 2.02. The third-order valence-electron chi connectivity index (χ3n) is 5.01. The fourth-order valence-electron chi connectivity index (χ4n) is 3.50. The maximum atomic E-state index is 9.46. The zero-order chi connectivity index (χ0) is 18.5. The molecule has 0 radical (unpaired) electrons. The van der Waals surface area contributed by atoms with E-state index < -0.39 is 0 Å². The van der Waals surface area contributed by atoms with Gasteiger partial charge in [-0.15, -0.1) is 0 Å². The van der Waals surface area contributed by atoms with Crippen molar-refractivity contribution < 1.29 is 4.74 Å². The van der Waals surface area contributed by atoms with E-state index in [9.17, 15) is 5.26 Å². The van der Waals surface area contributed by atoms with Gasteiger partial charge in [-0.1, -0.05) is 0 Å². The van der Waals surface area contributed by atoms with Gasteiger partial charge < -0.3 is 20.3 Å². The lowest BCUT2D eigenvalue weighted by Gasteiger charge is -2.28. The van der Waals surface area contributed by atoms with E-state index in [-0.39, 0.29) is 0 Å². The topological polar surface area (TPSA) is 86.1 Å². The van der Waals surface area contributed by atoms with E-state index in [1.54, 1.807) is 6.20 Å². The molecule has 2 aromatic heterocycles. The lowest BCUT2D eigenvalue weighted by atomic mass is 10.1. The maximum Gasteiger partial charge on any atom is 0.130 e. The molecular weight excluding hydrogens is 340 g/mol. The molecule has 27 heavy (non-hydrogen) atoms. The maximum absolute atomic E-state index is 9.46. The fourth-order valence-corrected chi connectivity index (χ4v) is 3.50. The molecule has 2 fully saturated rings. The molecule has 0 bridgehead atoms. The number of hydrogen-bond acceptors (Lipinski definition) is 7. The molecule has 2 N–H and O–H groups in total. The van der Waals surface area contributed by atoms with Gasteiger partial charge in [-0.05, 0) is 37.1 Å². The van der Waals surface area contributed by atoms with E-state index in [1.807, 2.05) is 24.3 Å². The molecular formula is C20H24N6O. The van der Waals surface area contributed by atoms with Crippen LogP contribution in [0.2, 0.25) is 0 Å². The number of rotatable bonds is 4. The van der Waals surface area contributed by atoms with Gasteiger partial charge in [0, 0.05) is 57.2 Å². The number of anilines is 2. The molecule has 0 saturated carbocycles. The van der Waals surface area contributed by atoms with Gasteiger partial charge in [-0.25, -0.2) is 9.97 Å². The zero-order valence-corrected chi connectivity index (χ0v) is 15.3. The van der Waals surface area contributed by atoms with Gasteiger partial charge in [0.15, 0.2) is 0 Å². The Labute approximate surface area is 159 Å². The molecule has 0 aliphatic carbocycles. The molecule has 2 aliphatic rings. The fraction of sp³-hybridized carbons (Fsp3) is 0.450. The average molecular weight is 364 g/mol. The molecule has 7 heteroatoms. The molecule has 2 saturated heterocycles. The normalized spacial score (nSPS) is 18.1. The van der Waals surface area contributed by atoms with E-state index in [4.69, 9.17) is 9.72 Å². The summed E-state index contributed by atoms with van der Waals surface area (Å²) in [7, 11) is 0. The first kappa shape index (κ1) is 17.7. The Morgan fingerprint density at radius 1 is 1.19 bits per heavy atom. The van der Waals surface area contributed by atoms with Gasteiger partial charge in [0.1, 0.15) is 11.6 Å². The van der Waals surface area contributed by atoms with Gasteiger partial charge in [0.05, 0.1) is 17.3 Å². The van der Waals surface area contributed by atoms with Crippen LogP contribution in [0.3, 0.4) is 0 Å². The van der Waals surface area contributed by atoms with Crippen molar-refractivity contribution in [2.75, 3.05) is 49.6 Å². The quantitative estimate of drug-likeness (QED) is 0.858. The number of pyridine rings is 2. The van der Waals surface area contributed by atoms with Gasteiger partial charge in [-0.3, -0.25) is 0 Å². The third kappa shape index (κ3) is 4.35. The SMILES string of the molecule is N#Cc1cc(-c2ccnc(NC3CCOCC3)c2)nc(N2CCNCC2)c1. The standard InChI is InChI=1S/C20H24N6O/c21-14-15-11-18(25-20(12-15)26-7-5-22-6-8-26)16-1-4-23-19(13-16)24-17-2-9-27-10-3-17/h1,4,11-13,17,22H,2-3,5-10H2,(H,23,24). The molecule has 2 aliphatic heterocycles. The molecule has 0 amide bonds.